The quantitative estimate of drug-likeness (QED) is 0.0385. The topological polar surface area (TPSA) is 102 Å². The summed E-state index contributed by atoms with van der Waals surface area (Å²) < 4.78 is 27.0. The van der Waals surface area contributed by atoms with Crippen LogP contribution in [0.15, 0.2) is 72.9 Å². The van der Waals surface area contributed by atoms with Crippen molar-refractivity contribution < 1.29 is 37.6 Å². The third-order valence-corrected chi connectivity index (χ3v) is 6.47. The zero-order valence-corrected chi connectivity index (χ0v) is 26.6. The average molecular weight is 597 g/mol. The highest BCUT2D eigenvalue weighted by Crippen LogP contribution is 2.43. The van der Waals surface area contributed by atoms with Crippen molar-refractivity contribution in [3.05, 3.63) is 72.9 Å². The number of nitrogens with zero attached hydrogens (tertiary/aromatic N) is 1. The van der Waals surface area contributed by atoms with E-state index in [0.717, 1.165) is 51.4 Å². The lowest BCUT2D eigenvalue weighted by molar-refractivity contribution is -0.870. The first kappa shape index (κ1) is 38.9. The molecule has 0 amide bonds. The molecule has 0 aromatic heterocycles. The predicted molar refractivity (Wildman–Crippen MR) is 168 cm³/mol. The van der Waals surface area contributed by atoms with Gasteiger partial charge in [-0.25, -0.2) is 4.57 Å². The van der Waals surface area contributed by atoms with Crippen LogP contribution in [0.4, 0.5) is 0 Å². The van der Waals surface area contributed by atoms with Crippen molar-refractivity contribution in [2.45, 2.75) is 77.2 Å². The normalized spacial score (nSPS) is 15.4. The van der Waals surface area contributed by atoms with Crippen LogP contribution >= 0.6 is 7.82 Å². The molecule has 9 heteroatoms. The Bertz CT molecular complexity index is 885. The summed E-state index contributed by atoms with van der Waals surface area (Å²) in [7, 11) is 1.52. The lowest BCUT2D eigenvalue weighted by Gasteiger charge is -2.24. The lowest BCUT2D eigenvalue weighted by atomic mass is 10.2. The fourth-order valence-electron chi connectivity index (χ4n) is 3.13. The van der Waals surface area contributed by atoms with Crippen molar-refractivity contribution in [3.8, 4) is 0 Å². The summed E-state index contributed by atoms with van der Waals surface area (Å²) in [5.41, 5.74) is 0. The third-order valence-electron chi connectivity index (χ3n) is 5.48. The number of phosphoric ester groups is 1. The number of likely N-dealkylation sites (N-methyl/N-ethyl adjacent to an activating group) is 1. The van der Waals surface area contributed by atoms with Crippen LogP contribution in [-0.4, -0.2) is 74.1 Å². The number of rotatable bonds is 25. The number of esters is 1. The average Bonchev–Trinajstić information content (AvgIpc) is 2.90. The molecule has 0 aliphatic rings. The van der Waals surface area contributed by atoms with Crippen LogP contribution in [0.1, 0.15) is 71.1 Å². The van der Waals surface area contributed by atoms with Crippen LogP contribution in [0.2, 0.25) is 0 Å². The van der Waals surface area contributed by atoms with E-state index in [1.165, 1.54) is 0 Å². The van der Waals surface area contributed by atoms with Gasteiger partial charge < -0.3 is 19.2 Å². The Kier molecular flexibility index (Phi) is 24.3. The molecule has 0 aromatic rings. The summed E-state index contributed by atoms with van der Waals surface area (Å²) in [6.07, 6.45) is 33.4. The van der Waals surface area contributed by atoms with Crippen LogP contribution in [-0.2, 0) is 23.1 Å². The second-order valence-corrected chi connectivity index (χ2v) is 12.1. The number of carbonyl (C=O) groups is 1. The maximum Gasteiger partial charge on any atom is 0.472 e. The Morgan fingerprint density at radius 1 is 0.756 bits per heavy atom. The minimum atomic E-state index is -4.26. The monoisotopic (exact) mass is 596 g/mol. The first-order chi connectivity index (χ1) is 19.6. The maximum atomic E-state index is 11.8. The Hall–Kier alpha value is -2.06. The fraction of sp³-hybridized carbons (Fsp3) is 0.594. The molecule has 0 radical (unpaired) electrons. The van der Waals surface area contributed by atoms with Crippen LogP contribution in [0.25, 0.3) is 0 Å². The van der Waals surface area contributed by atoms with Gasteiger partial charge in [0.05, 0.1) is 27.7 Å². The maximum absolute atomic E-state index is 11.8. The molecule has 0 aliphatic carbocycles. The number of unbranched alkanes of at least 4 members (excludes halogenated alkanes) is 2. The molecule has 0 saturated carbocycles. The summed E-state index contributed by atoms with van der Waals surface area (Å²) in [4.78, 5) is 21.5. The van der Waals surface area contributed by atoms with Gasteiger partial charge in [0, 0.05) is 6.42 Å². The highest BCUT2D eigenvalue weighted by atomic mass is 31.2. The lowest BCUT2D eigenvalue weighted by Crippen LogP contribution is -2.37. The number of aliphatic hydroxyl groups is 1. The molecule has 0 heterocycles. The molecule has 0 aliphatic heterocycles. The minimum Gasteiger partial charge on any atom is -0.463 e. The van der Waals surface area contributed by atoms with Gasteiger partial charge >= 0.3 is 13.8 Å². The largest absolute Gasteiger partial charge is 0.472 e. The van der Waals surface area contributed by atoms with Crippen LogP contribution in [0, 0.1) is 0 Å². The molecule has 0 fully saturated rings. The first-order valence-corrected chi connectivity index (χ1v) is 16.2. The van der Waals surface area contributed by atoms with Gasteiger partial charge in [-0.1, -0.05) is 79.8 Å². The van der Waals surface area contributed by atoms with Gasteiger partial charge in [-0.2, -0.15) is 0 Å². The van der Waals surface area contributed by atoms with Gasteiger partial charge in [-0.05, 0) is 57.8 Å². The number of phosphoric acid groups is 1. The van der Waals surface area contributed by atoms with E-state index in [1.807, 2.05) is 21.1 Å². The summed E-state index contributed by atoms with van der Waals surface area (Å²) in [6, 6.07) is 0. The van der Waals surface area contributed by atoms with Crippen LogP contribution in [0.5, 0.6) is 0 Å². The van der Waals surface area contributed by atoms with E-state index in [0.29, 0.717) is 17.4 Å². The first-order valence-electron chi connectivity index (χ1n) is 14.7. The minimum absolute atomic E-state index is 0.0426. The van der Waals surface area contributed by atoms with Crippen LogP contribution < -0.4 is 0 Å². The molecular formula is C32H55NO7P+. The van der Waals surface area contributed by atoms with Crippen molar-refractivity contribution in [3.63, 3.8) is 0 Å². The second-order valence-electron chi connectivity index (χ2n) is 10.6. The molecule has 0 spiro atoms. The molecule has 0 aromatic carbocycles. The number of ether oxygens (including phenoxy) is 1. The van der Waals surface area contributed by atoms with E-state index in [4.69, 9.17) is 13.8 Å². The van der Waals surface area contributed by atoms with Crippen molar-refractivity contribution in [1.29, 1.82) is 0 Å². The number of carbonyl (C=O) groups excluding carboxylic acids is 1. The molecule has 0 saturated heterocycles. The van der Waals surface area contributed by atoms with E-state index in [1.54, 1.807) is 0 Å². The van der Waals surface area contributed by atoms with E-state index < -0.39 is 26.5 Å². The number of aliphatic hydroxyl groups excluding tert-OH is 1. The van der Waals surface area contributed by atoms with Gasteiger partial charge in [-0.3, -0.25) is 13.8 Å². The Morgan fingerprint density at radius 3 is 1.73 bits per heavy atom. The molecule has 0 bridgehead atoms. The van der Waals surface area contributed by atoms with Crippen molar-refractivity contribution in [1.82, 2.24) is 0 Å². The molecule has 8 nitrogen and oxygen atoms in total. The zero-order chi connectivity index (χ0) is 30.7. The van der Waals surface area contributed by atoms with E-state index in [-0.39, 0.29) is 19.6 Å². The summed E-state index contributed by atoms with van der Waals surface area (Å²) in [5.74, 6) is -0.418. The number of quaternary nitrogens is 1. The summed E-state index contributed by atoms with van der Waals surface area (Å²) in [5, 5.41) is 9.84. The Labute approximate surface area is 249 Å². The molecule has 2 atom stereocenters. The fourth-order valence-corrected chi connectivity index (χ4v) is 3.88. The second kappa shape index (κ2) is 25.6. The summed E-state index contributed by atoms with van der Waals surface area (Å²) in [6.45, 7) is 1.94. The summed E-state index contributed by atoms with van der Waals surface area (Å²) >= 11 is 0. The van der Waals surface area contributed by atoms with Crippen LogP contribution in [0.3, 0.4) is 0 Å². The SMILES string of the molecule is CC/C=C\C/C=C\C/C=C\C/C=C\C/C=C\C/C=C\CCCCC(=O)OC[C@@H](O)COP(=O)(O)OCC[N+](C)(C)C. The van der Waals surface area contributed by atoms with Gasteiger partial charge in [-0.15, -0.1) is 0 Å². The van der Waals surface area contributed by atoms with Gasteiger partial charge in [0.25, 0.3) is 0 Å². The number of allylic oxidation sites excluding steroid dienone is 12. The highest BCUT2D eigenvalue weighted by molar-refractivity contribution is 7.47. The Balaban J connectivity index is 3.73. The highest BCUT2D eigenvalue weighted by Gasteiger charge is 2.24. The Morgan fingerprint density at radius 2 is 1.24 bits per heavy atom. The number of hydrogen-bond donors (Lipinski definition) is 2. The van der Waals surface area contributed by atoms with E-state index >= 15 is 0 Å². The van der Waals surface area contributed by atoms with E-state index in [2.05, 4.69) is 79.8 Å². The van der Waals surface area contributed by atoms with E-state index in [9.17, 15) is 19.4 Å². The molecule has 1 unspecified atom stereocenters. The molecule has 234 valence electrons. The number of hydrogen-bond acceptors (Lipinski definition) is 6. The van der Waals surface area contributed by atoms with Gasteiger partial charge in [0.15, 0.2) is 0 Å². The van der Waals surface area contributed by atoms with Crippen molar-refractivity contribution in [2.24, 2.45) is 0 Å². The van der Waals surface area contributed by atoms with Crippen molar-refractivity contribution >= 4 is 13.8 Å². The molecular weight excluding hydrogens is 541 g/mol. The standard InChI is InChI=1S/C32H54NO7P/c1-5-6-7-8-9-10-11-12-13-14-15-16-17-18-19-20-21-22-23-24-25-26-32(35)38-29-31(34)30-40-41(36,37)39-28-27-33(2,3)4/h6-7,9-10,12-13,15-16,18-19,21-22,31,34H,5,8,11,14,17,20,23-30H2,1-4H3/p+1/b7-6-,10-9-,13-12-,16-15-,19-18-,22-21-/t31-/m1/s1. The third kappa shape index (κ3) is 30.7. The molecule has 41 heavy (non-hydrogen) atoms. The predicted octanol–water partition coefficient (Wildman–Crippen LogP) is 6.99. The van der Waals surface area contributed by atoms with Gasteiger partial charge in [0.2, 0.25) is 0 Å². The zero-order valence-electron chi connectivity index (χ0n) is 25.7. The van der Waals surface area contributed by atoms with Crippen molar-refractivity contribution in [2.75, 3.05) is 47.5 Å². The molecule has 2 N–H and O–H groups in total. The molecule has 0 rings (SSSR count). The smallest absolute Gasteiger partial charge is 0.463 e. The van der Waals surface area contributed by atoms with Gasteiger partial charge in [0.1, 0.15) is 25.9 Å².